The fraction of sp³-hybridized carbons (Fsp3) is 0.385. The first-order valence-corrected chi connectivity index (χ1v) is 5.75. The van der Waals surface area contributed by atoms with Gasteiger partial charge in [0.2, 0.25) is 0 Å². The van der Waals surface area contributed by atoms with Crippen LogP contribution in [0.3, 0.4) is 0 Å². The number of amides is 1. The number of ketones is 1. The summed E-state index contributed by atoms with van der Waals surface area (Å²) in [5.41, 5.74) is 0.532. The maximum absolute atomic E-state index is 11.5. The maximum Gasteiger partial charge on any atom is 0.261 e. The molecule has 1 aromatic carbocycles. The first kappa shape index (κ1) is 12.4. The molecule has 1 aliphatic rings. The minimum Gasteiger partial charge on any atom is -0.493 e. The number of benzene rings is 1. The van der Waals surface area contributed by atoms with Crippen molar-refractivity contribution in [3.05, 3.63) is 23.8 Å². The van der Waals surface area contributed by atoms with Crippen molar-refractivity contribution in [1.29, 1.82) is 0 Å². The molecule has 18 heavy (non-hydrogen) atoms. The first-order chi connectivity index (χ1) is 8.61. The van der Waals surface area contributed by atoms with Gasteiger partial charge in [0.1, 0.15) is 0 Å². The third kappa shape index (κ3) is 2.45. The number of carbonyl (C=O) groups is 2. The Hall–Kier alpha value is -2.04. The Labute approximate surface area is 105 Å². The quantitative estimate of drug-likeness (QED) is 0.813. The van der Waals surface area contributed by atoms with E-state index in [9.17, 15) is 9.59 Å². The van der Waals surface area contributed by atoms with Gasteiger partial charge >= 0.3 is 0 Å². The molecule has 1 aliphatic heterocycles. The topological polar surface area (TPSA) is 64.6 Å². The fourth-order valence-electron chi connectivity index (χ4n) is 1.82. The van der Waals surface area contributed by atoms with E-state index < -0.39 is 6.10 Å². The van der Waals surface area contributed by atoms with Gasteiger partial charge in [0.05, 0.1) is 7.11 Å². The van der Waals surface area contributed by atoms with Gasteiger partial charge < -0.3 is 14.8 Å². The van der Waals surface area contributed by atoms with Crippen LogP contribution in [-0.2, 0) is 4.79 Å². The number of ether oxygens (including phenoxy) is 2. The zero-order valence-electron chi connectivity index (χ0n) is 10.4. The van der Waals surface area contributed by atoms with Crippen molar-refractivity contribution < 1.29 is 19.1 Å². The van der Waals surface area contributed by atoms with Gasteiger partial charge in [0.15, 0.2) is 23.4 Å². The average Bonchev–Trinajstić information content (AvgIpc) is 2.75. The Morgan fingerprint density at radius 2 is 2.17 bits per heavy atom. The summed E-state index contributed by atoms with van der Waals surface area (Å²) in [7, 11) is 1.52. The second-order valence-corrected chi connectivity index (χ2v) is 4.11. The van der Waals surface area contributed by atoms with E-state index in [0.717, 1.165) is 0 Å². The van der Waals surface area contributed by atoms with E-state index in [4.69, 9.17) is 9.47 Å². The van der Waals surface area contributed by atoms with Crippen LogP contribution in [0.1, 0.15) is 23.7 Å². The summed E-state index contributed by atoms with van der Waals surface area (Å²) in [5, 5.41) is 2.69. The summed E-state index contributed by atoms with van der Waals surface area (Å²) in [5.74, 6) is 0.746. The molecule has 0 spiro atoms. The summed E-state index contributed by atoms with van der Waals surface area (Å²) in [4.78, 5) is 22.8. The Kier molecular flexibility index (Phi) is 3.50. The van der Waals surface area contributed by atoms with Crippen LogP contribution >= 0.6 is 0 Å². The van der Waals surface area contributed by atoms with Gasteiger partial charge in [-0.3, -0.25) is 9.59 Å². The van der Waals surface area contributed by atoms with Crippen LogP contribution in [0, 0.1) is 0 Å². The molecule has 96 valence electrons. The predicted octanol–water partition coefficient (Wildman–Crippen LogP) is 1.17. The minimum atomic E-state index is -0.513. The second kappa shape index (κ2) is 5.08. The summed E-state index contributed by atoms with van der Waals surface area (Å²) < 4.78 is 10.8. The molecule has 1 N–H and O–H groups in total. The number of nitrogens with one attached hydrogen (secondary N) is 1. The van der Waals surface area contributed by atoms with Crippen molar-refractivity contribution in [2.75, 3.05) is 13.7 Å². The third-order valence-electron chi connectivity index (χ3n) is 2.84. The SMILES string of the molecule is COc1ccc(C(C)=O)cc1OC1CCNC1=O. The molecule has 1 unspecified atom stereocenters. The minimum absolute atomic E-state index is 0.0571. The summed E-state index contributed by atoms with van der Waals surface area (Å²) >= 11 is 0. The first-order valence-electron chi connectivity index (χ1n) is 5.75. The van der Waals surface area contributed by atoms with E-state index in [1.165, 1.54) is 14.0 Å². The number of Topliss-reactive ketones (excluding diaryl/α,β-unsaturated/α-hetero) is 1. The normalized spacial score (nSPS) is 18.3. The van der Waals surface area contributed by atoms with Crippen LogP contribution in [0.2, 0.25) is 0 Å². The number of hydrogen-bond acceptors (Lipinski definition) is 4. The van der Waals surface area contributed by atoms with Gasteiger partial charge in [-0.1, -0.05) is 0 Å². The zero-order chi connectivity index (χ0) is 13.1. The van der Waals surface area contributed by atoms with Gasteiger partial charge in [-0.2, -0.15) is 0 Å². The number of hydrogen-bond donors (Lipinski definition) is 1. The molecule has 1 fully saturated rings. The lowest BCUT2D eigenvalue weighted by atomic mass is 10.1. The van der Waals surface area contributed by atoms with Crippen LogP contribution in [0.25, 0.3) is 0 Å². The van der Waals surface area contributed by atoms with Gasteiger partial charge in [0.25, 0.3) is 5.91 Å². The molecule has 0 aromatic heterocycles. The standard InChI is InChI=1S/C13H15NO4/c1-8(15)9-3-4-10(17-2)12(7-9)18-11-5-6-14-13(11)16/h3-4,7,11H,5-6H2,1-2H3,(H,14,16). The van der Waals surface area contributed by atoms with E-state index in [-0.39, 0.29) is 11.7 Å². The largest absolute Gasteiger partial charge is 0.493 e. The molecule has 1 amide bonds. The molecule has 2 rings (SSSR count). The second-order valence-electron chi connectivity index (χ2n) is 4.11. The van der Waals surface area contributed by atoms with Crippen LogP contribution in [-0.4, -0.2) is 31.4 Å². The highest BCUT2D eigenvalue weighted by molar-refractivity contribution is 5.94. The Morgan fingerprint density at radius 3 is 2.72 bits per heavy atom. The molecule has 5 nitrogen and oxygen atoms in total. The van der Waals surface area contributed by atoms with Gasteiger partial charge in [-0.15, -0.1) is 0 Å². The molecule has 0 radical (unpaired) electrons. The lowest BCUT2D eigenvalue weighted by Crippen LogP contribution is -2.27. The average molecular weight is 249 g/mol. The van der Waals surface area contributed by atoms with E-state index in [2.05, 4.69) is 5.32 Å². The molecular formula is C13H15NO4. The summed E-state index contributed by atoms with van der Waals surface area (Å²) in [6, 6.07) is 4.94. The Morgan fingerprint density at radius 1 is 1.39 bits per heavy atom. The van der Waals surface area contributed by atoms with Crippen LogP contribution in [0.5, 0.6) is 11.5 Å². The Balaban J connectivity index is 2.26. The highest BCUT2D eigenvalue weighted by Gasteiger charge is 2.27. The van der Waals surface area contributed by atoms with Crippen molar-refractivity contribution in [3.8, 4) is 11.5 Å². The number of carbonyl (C=O) groups excluding carboxylic acids is 2. The monoisotopic (exact) mass is 249 g/mol. The number of methoxy groups -OCH3 is 1. The predicted molar refractivity (Wildman–Crippen MR) is 65.0 cm³/mol. The van der Waals surface area contributed by atoms with E-state index in [1.807, 2.05) is 0 Å². The third-order valence-corrected chi connectivity index (χ3v) is 2.84. The lowest BCUT2D eigenvalue weighted by molar-refractivity contribution is -0.124. The van der Waals surface area contributed by atoms with Crippen LogP contribution in [0.15, 0.2) is 18.2 Å². The highest BCUT2D eigenvalue weighted by Crippen LogP contribution is 2.30. The number of rotatable bonds is 4. The Bertz CT molecular complexity index is 484. The molecule has 0 aliphatic carbocycles. The van der Waals surface area contributed by atoms with E-state index >= 15 is 0 Å². The van der Waals surface area contributed by atoms with Crippen molar-refractivity contribution in [2.24, 2.45) is 0 Å². The molecule has 1 aromatic rings. The van der Waals surface area contributed by atoms with E-state index in [0.29, 0.717) is 30.0 Å². The molecular weight excluding hydrogens is 234 g/mol. The molecule has 1 heterocycles. The van der Waals surface area contributed by atoms with Gasteiger partial charge in [-0.25, -0.2) is 0 Å². The van der Waals surface area contributed by atoms with Gasteiger partial charge in [-0.05, 0) is 25.1 Å². The molecule has 1 saturated heterocycles. The zero-order valence-corrected chi connectivity index (χ0v) is 10.4. The van der Waals surface area contributed by atoms with Crippen molar-refractivity contribution in [2.45, 2.75) is 19.4 Å². The van der Waals surface area contributed by atoms with Crippen LogP contribution in [0.4, 0.5) is 0 Å². The van der Waals surface area contributed by atoms with E-state index in [1.54, 1.807) is 18.2 Å². The fourth-order valence-corrected chi connectivity index (χ4v) is 1.82. The molecule has 1 atom stereocenters. The van der Waals surface area contributed by atoms with Crippen molar-refractivity contribution in [1.82, 2.24) is 5.32 Å². The lowest BCUT2D eigenvalue weighted by Gasteiger charge is -2.14. The maximum atomic E-state index is 11.5. The molecule has 5 heteroatoms. The summed E-state index contributed by atoms with van der Waals surface area (Å²) in [6.45, 7) is 2.09. The summed E-state index contributed by atoms with van der Waals surface area (Å²) in [6.07, 6.45) is 0.104. The van der Waals surface area contributed by atoms with Crippen molar-refractivity contribution in [3.63, 3.8) is 0 Å². The van der Waals surface area contributed by atoms with Crippen LogP contribution < -0.4 is 14.8 Å². The van der Waals surface area contributed by atoms with Crippen molar-refractivity contribution >= 4 is 11.7 Å². The molecule has 0 saturated carbocycles. The highest BCUT2D eigenvalue weighted by atomic mass is 16.5. The smallest absolute Gasteiger partial charge is 0.261 e. The molecule has 0 bridgehead atoms. The van der Waals surface area contributed by atoms with Gasteiger partial charge in [0, 0.05) is 18.5 Å².